The van der Waals surface area contributed by atoms with Crippen LogP contribution in [0.15, 0.2) is 12.4 Å². The summed E-state index contributed by atoms with van der Waals surface area (Å²) >= 11 is 0. The lowest BCUT2D eigenvalue weighted by Gasteiger charge is -1.79. The van der Waals surface area contributed by atoms with E-state index in [4.69, 9.17) is 0 Å². The van der Waals surface area contributed by atoms with Crippen LogP contribution in [0.2, 0.25) is 0 Å². The second-order valence-electron chi connectivity index (χ2n) is 2.39. The average Bonchev–Trinajstić information content (AvgIpc) is 2.44. The second kappa shape index (κ2) is 11.9. The molecular formula is C8H19N3. The highest BCUT2D eigenvalue weighted by molar-refractivity contribution is 4.54. The summed E-state index contributed by atoms with van der Waals surface area (Å²) in [7, 11) is 0. The van der Waals surface area contributed by atoms with Gasteiger partial charge in [0.05, 0.1) is 12.4 Å². The summed E-state index contributed by atoms with van der Waals surface area (Å²) < 4.78 is 0. The maximum absolute atomic E-state index is 3.49. The Balaban J connectivity index is 0. The van der Waals surface area contributed by atoms with Gasteiger partial charge in [0, 0.05) is 0 Å². The minimum absolute atomic E-state index is 0.833. The molecule has 3 nitrogen and oxygen atoms in total. The van der Waals surface area contributed by atoms with Gasteiger partial charge < -0.3 is 0 Å². The summed E-state index contributed by atoms with van der Waals surface area (Å²) in [4.78, 5) is 0. The summed E-state index contributed by atoms with van der Waals surface area (Å²) in [5.74, 6) is 0.833. The van der Waals surface area contributed by atoms with Crippen molar-refractivity contribution < 1.29 is 0 Å². The molecule has 0 fully saturated rings. The lowest BCUT2D eigenvalue weighted by atomic mass is 10.3. The number of nitrogens with one attached hydrogen (secondary N) is 1. The molecule has 0 aliphatic rings. The molecule has 0 radical (unpaired) electrons. The maximum atomic E-state index is 3.49. The average molecular weight is 157 g/mol. The van der Waals surface area contributed by atoms with Crippen LogP contribution in [0.25, 0.3) is 0 Å². The first-order valence-electron chi connectivity index (χ1n) is 4.03. The van der Waals surface area contributed by atoms with E-state index in [-0.39, 0.29) is 0 Å². The van der Waals surface area contributed by atoms with Gasteiger partial charge in [-0.2, -0.15) is 15.4 Å². The van der Waals surface area contributed by atoms with Crippen LogP contribution >= 0.6 is 0 Å². The van der Waals surface area contributed by atoms with E-state index in [1.807, 2.05) is 13.8 Å². The van der Waals surface area contributed by atoms with Crippen LogP contribution in [0.4, 0.5) is 0 Å². The van der Waals surface area contributed by atoms with E-state index < -0.39 is 0 Å². The molecule has 0 aliphatic carbocycles. The van der Waals surface area contributed by atoms with Crippen molar-refractivity contribution >= 4 is 0 Å². The molecule has 0 saturated carbocycles. The van der Waals surface area contributed by atoms with Crippen molar-refractivity contribution in [2.45, 2.75) is 34.6 Å². The van der Waals surface area contributed by atoms with E-state index in [0.717, 1.165) is 5.92 Å². The van der Waals surface area contributed by atoms with E-state index in [1.54, 1.807) is 12.4 Å². The van der Waals surface area contributed by atoms with Crippen LogP contribution in [-0.4, -0.2) is 15.4 Å². The highest BCUT2D eigenvalue weighted by atomic mass is 15.3. The summed E-state index contributed by atoms with van der Waals surface area (Å²) in [6.07, 6.45) is 3.17. The van der Waals surface area contributed by atoms with Gasteiger partial charge in [0.1, 0.15) is 0 Å². The molecule has 0 atom stereocenters. The lowest BCUT2D eigenvalue weighted by molar-refractivity contribution is 0.737. The largest absolute Gasteiger partial charge is 0.198 e. The first-order chi connectivity index (χ1) is 5.23. The van der Waals surface area contributed by atoms with Crippen LogP contribution < -0.4 is 0 Å². The number of hydrogen-bond acceptors (Lipinski definition) is 2. The van der Waals surface area contributed by atoms with Crippen LogP contribution in [0, 0.1) is 5.92 Å². The predicted octanol–water partition coefficient (Wildman–Crippen LogP) is 2.49. The molecule has 11 heavy (non-hydrogen) atoms. The molecule has 3 heteroatoms. The Bertz CT molecular complexity index is 92.9. The zero-order valence-electron chi connectivity index (χ0n) is 8.13. The summed E-state index contributed by atoms with van der Waals surface area (Å²) in [6.45, 7) is 10.5. The van der Waals surface area contributed by atoms with Crippen molar-refractivity contribution in [3.05, 3.63) is 12.4 Å². The Kier molecular flexibility index (Phi) is 13.8. The molecule has 0 unspecified atom stereocenters. The quantitative estimate of drug-likeness (QED) is 0.628. The van der Waals surface area contributed by atoms with Gasteiger partial charge in [0.15, 0.2) is 0 Å². The minimum Gasteiger partial charge on any atom is -0.198 e. The van der Waals surface area contributed by atoms with Crippen molar-refractivity contribution in [2.24, 2.45) is 5.92 Å². The predicted molar refractivity (Wildman–Crippen MR) is 48.2 cm³/mol. The third-order valence-corrected chi connectivity index (χ3v) is 0.331. The lowest BCUT2D eigenvalue weighted by Crippen LogP contribution is -1.66. The van der Waals surface area contributed by atoms with Gasteiger partial charge in [-0.05, 0) is 5.92 Å². The SMILES string of the molecule is CC.CC(C)C.c1cn[nH]n1. The first kappa shape index (κ1) is 12.8. The number of nitrogens with zero attached hydrogens (tertiary/aromatic N) is 2. The molecule has 1 rings (SSSR count). The molecule has 1 aromatic rings. The van der Waals surface area contributed by atoms with Crippen LogP contribution in [0.1, 0.15) is 34.6 Å². The van der Waals surface area contributed by atoms with Crippen molar-refractivity contribution in [1.82, 2.24) is 15.4 Å². The molecule has 0 spiro atoms. The fourth-order valence-corrected chi connectivity index (χ4v) is 0.167. The molecule has 0 bridgehead atoms. The molecular weight excluding hydrogens is 138 g/mol. The number of hydrogen-bond donors (Lipinski definition) is 1. The maximum Gasteiger partial charge on any atom is 0.0690 e. The number of aromatic amines is 1. The van der Waals surface area contributed by atoms with Crippen molar-refractivity contribution in [3.63, 3.8) is 0 Å². The topological polar surface area (TPSA) is 41.6 Å². The molecule has 66 valence electrons. The van der Waals surface area contributed by atoms with E-state index >= 15 is 0 Å². The monoisotopic (exact) mass is 157 g/mol. The van der Waals surface area contributed by atoms with Crippen LogP contribution in [0.5, 0.6) is 0 Å². The number of rotatable bonds is 0. The van der Waals surface area contributed by atoms with Gasteiger partial charge in [-0.3, -0.25) is 0 Å². The molecule has 0 aliphatic heterocycles. The van der Waals surface area contributed by atoms with Crippen molar-refractivity contribution in [2.75, 3.05) is 0 Å². The number of H-pyrrole nitrogens is 1. The fraction of sp³-hybridized carbons (Fsp3) is 0.750. The zero-order chi connectivity index (χ0) is 9.11. The molecule has 0 aromatic carbocycles. The Labute approximate surface area is 69.2 Å². The molecule has 1 N–H and O–H groups in total. The second-order valence-corrected chi connectivity index (χ2v) is 2.39. The highest BCUT2D eigenvalue weighted by Crippen LogP contribution is 1.81. The van der Waals surface area contributed by atoms with Crippen molar-refractivity contribution in [1.29, 1.82) is 0 Å². The van der Waals surface area contributed by atoms with E-state index in [1.165, 1.54) is 0 Å². The van der Waals surface area contributed by atoms with Gasteiger partial charge >= 0.3 is 0 Å². The van der Waals surface area contributed by atoms with Crippen LogP contribution in [0.3, 0.4) is 0 Å². The Hall–Kier alpha value is -0.860. The summed E-state index contributed by atoms with van der Waals surface area (Å²) in [5.41, 5.74) is 0. The van der Waals surface area contributed by atoms with E-state index in [9.17, 15) is 0 Å². The Morgan fingerprint density at radius 3 is 1.36 bits per heavy atom. The first-order valence-corrected chi connectivity index (χ1v) is 4.03. The molecule has 1 aromatic heterocycles. The van der Waals surface area contributed by atoms with E-state index in [0.29, 0.717) is 0 Å². The third-order valence-electron chi connectivity index (χ3n) is 0.331. The molecule has 1 heterocycles. The van der Waals surface area contributed by atoms with Gasteiger partial charge in [0.25, 0.3) is 0 Å². The Morgan fingerprint density at radius 2 is 1.27 bits per heavy atom. The minimum atomic E-state index is 0.833. The van der Waals surface area contributed by atoms with Gasteiger partial charge in [-0.1, -0.05) is 34.6 Å². The summed E-state index contributed by atoms with van der Waals surface area (Å²) in [5, 5.41) is 9.33. The summed E-state index contributed by atoms with van der Waals surface area (Å²) in [6, 6.07) is 0. The van der Waals surface area contributed by atoms with Crippen LogP contribution in [-0.2, 0) is 0 Å². The fourth-order valence-electron chi connectivity index (χ4n) is 0.167. The standard InChI is InChI=1S/C4H10.C2H3N3.C2H6/c1-4(2)3;1-2-4-5-3-1;1-2/h4H,1-3H3;1-2H,(H,3,4,5);1-2H3. The molecule has 0 saturated heterocycles. The van der Waals surface area contributed by atoms with Gasteiger partial charge in [0.2, 0.25) is 0 Å². The Morgan fingerprint density at radius 1 is 1.00 bits per heavy atom. The number of aromatic nitrogens is 3. The third kappa shape index (κ3) is 27.2. The molecule has 0 amide bonds. The highest BCUT2D eigenvalue weighted by Gasteiger charge is 1.68. The van der Waals surface area contributed by atoms with Gasteiger partial charge in [-0.15, -0.1) is 0 Å². The zero-order valence-corrected chi connectivity index (χ0v) is 8.13. The van der Waals surface area contributed by atoms with Gasteiger partial charge in [-0.25, -0.2) is 0 Å². The van der Waals surface area contributed by atoms with E-state index in [2.05, 4.69) is 36.2 Å². The van der Waals surface area contributed by atoms with Crippen molar-refractivity contribution in [3.8, 4) is 0 Å². The smallest absolute Gasteiger partial charge is 0.0690 e. The normalized spacial score (nSPS) is 7.45.